The van der Waals surface area contributed by atoms with E-state index in [2.05, 4.69) is 15.3 Å². The summed E-state index contributed by atoms with van der Waals surface area (Å²) in [7, 11) is 1.43. The van der Waals surface area contributed by atoms with Gasteiger partial charge in [-0.1, -0.05) is 45.9 Å². The molecule has 5 bridgehead atoms. The molecule has 2 aromatic carbocycles. The number of aliphatic hydroxyl groups is 2. The van der Waals surface area contributed by atoms with Crippen molar-refractivity contribution in [3.8, 4) is 23.0 Å². The molecule has 3 aliphatic rings. The smallest absolute Gasteiger partial charge is 0.312 e. The molecule has 57 heavy (non-hydrogen) atoms. The van der Waals surface area contributed by atoms with Crippen LogP contribution >= 0.6 is 11.3 Å². The van der Waals surface area contributed by atoms with Gasteiger partial charge in [0.05, 0.1) is 46.8 Å². The molecular formula is C41H49N3O12S. The number of phenolic OH excluding ortho intramolecular Hbond substituents is 3. The zero-order valence-corrected chi connectivity index (χ0v) is 34.0. The summed E-state index contributed by atoms with van der Waals surface area (Å²) in [6.45, 7) is 12.4. The van der Waals surface area contributed by atoms with Gasteiger partial charge in [0.15, 0.2) is 5.75 Å². The van der Waals surface area contributed by atoms with Crippen LogP contribution in [-0.2, 0) is 23.8 Å². The van der Waals surface area contributed by atoms with E-state index in [9.17, 15) is 39.9 Å². The van der Waals surface area contributed by atoms with Gasteiger partial charge in [-0.25, -0.2) is 9.98 Å². The number of ketones is 1. The minimum absolute atomic E-state index is 0.0377. The predicted molar refractivity (Wildman–Crippen MR) is 213 cm³/mol. The molecule has 4 heterocycles. The van der Waals surface area contributed by atoms with Crippen molar-refractivity contribution >= 4 is 56.8 Å². The number of aliphatic hydroxyl groups excluding tert-OH is 2. The number of Topliss-reactive ketones (excluding diaryl/α,β-unsaturated/α-hetero) is 1. The lowest BCUT2D eigenvalue weighted by Gasteiger charge is -2.38. The molecule has 0 spiro atoms. The van der Waals surface area contributed by atoms with Crippen LogP contribution in [0.2, 0.25) is 0 Å². The molecule has 1 amide bonds. The van der Waals surface area contributed by atoms with Crippen molar-refractivity contribution in [2.45, 2.75) is 85.6 Å². The number of hydrogen-bond acceptors (Lipinski definition) is 15. The van der Waals surface area contributed by atoms with E-state index < -0.39 is 88.8 Å². The first kappa shape index (κ1) is 42.8. The number of aromatic hydroxyl groups is 3. The van der Waals surface area contributed by atoms with Crippen molar-refractivity contribution in [2.24, 2.45) is 28.7 Å². The fourth-order valence-corrected chi connectivity index (χ4v) is 7.75. The Morgan fingerprint density at radius 3 is 2.33 bits per heavy atom. The number of carbonyl (C=O) groups is 3. The molecule has 16 heteroatoms. The molecule has 3 aliphatic heterocycles. The maximum atomic E-state index is 14.3. The van der Waals surface area contributed by atoms with Crippen LogP contribution in [0.15, 0.2) is 52.7 Å². The number of allylic oxidation sites excluding steroid dienone is 2. The largest absolute Gasteiger partial charge is 0.507 e. The first-order chi connectivity index (χ1) is 26.8. The lowest BCUT2D eigenvalue weighted by Crippen LogP contribution is -2.46. The number of aliphatic imine (C=N–C) groups is 1. The Balaban J connectivity index is 1.72. The number of anilines is 1. The quantitative estimate of drug-likeness (QED) is 0.0775. The second-order valence-electron chi connectivity index (χ2n) is 14.7. The molecule has 3 aromatic rings. The number of fused-ring (bicyclic) bond motifs is 14. The molecule has 15 nitrogen and oxygen atoms in total. The van der Waals surface area contributed by atoms with Gasteiger partial charge in [-0.3, -0.25) is 14.4 Å². The highest BCUT2D eigenvalue weighted by Gasteiger charge is 2.50. The van der Waals surface area contributed by atoms with E-state index in [1.54, 1.807) is 45.2 Å². The van der Waals surface area contributed by atoms with Gasteiger partial charge in [-0.15, -0.1) is 11.3 Å². The van der Waals surface area contributed by atoms with Gasteiger partial charge in [0.2, 0.25) is 5.13 Å². The summed E-state index contributed by atoms with van der Waals surface area (Å²) in [4.78, 5) is 48.7. The maximum absolute atomic E-state index is 14.3. The first-order valence-corrected chi connectivity index (χ1v) is 19.2. The number of benzene rings is 2. The number of nitrogens with zero attached hydrogens (tertiary/aromatic N) is 2. The normalized spacial score (nSPS) is 30.8. The molecule has 0 radical (unpaired) electrons. The van der Waals surface area contributed by atoms with E-state index in [1.165, 1.54) is 77.0 Å². The highest BCUT2D eigenvalue weighted by molar-refractivity contribution is 7.13. The Labute approximate surface area is 334 Å². The summed E-state index contributed by atoms with van der Waals surface area (Å²) in [5, 5.41) is 62.0. The number of thiazole rings is 1. The van der Waals surface area contributed by atoms with Gasteiger partial charge in [0, 0.05) is 78.9 Å². The van der Waals surface area contributed by atoms with Crippen LogP contribution in [-0.4, -0.2) is 91.7 Å². The molecule has 306 valence electrons. The molecule has 6 rings (SSSR count). The Morgan fingerprint density at radius 1 is 1.00 bits per heavy atom. The molecule has 1 aromatic heterocycles. The average molecular weight is 808 g/mol. The average Bonchev–Trinajstić information content (AvgIpc) is 3.79. The number of amides is 1. The molecule has 9 atom stereocenters. The summed E-state index contributed by atoms with van der Waals surface area (Å²) in [5.41, 5.74) is -0.536. The number of esters is 1. The zero-order chi connectivity index (χ0) is 42.1. The minimum atomic E-state index is -2.06. The summed E-state index contributed by atoms with van der Waals surface area (Å²) >= 11 is 1.18. The van der Waals surface area contributed by atoms with E-state index in [0.29, 0.717) is 0 Å². The standard InChI is InChI=1S/C41H49N3O12S/c1-18-11-10-12-19(2)39(52)44-30-25(17-43-40-42-14-16-57-40)34(49)27-28(35(30)50)33(48)23(6)37-29(27)38(51)41(8,56-37)54-15-13-26(53-9)20(3)36(55-24(7)45)22(5)32(47)21(4)31(18)46/h10-18,20-22,26,31-32,36,46-50H,1-9H3,(H,44,52)/b11-10+,15-13+,19-12-,43-17+/t18-,20-,21-,22-,26+,31+,32+,36-,41+/m1/s1. The second-order valence-corrected chi connectivity index (χ2v) is 15.6. The molecular weight excluding hydrogens is 759 g/mol. The van der Waals surface area contributed by atoms with Crippen molar-refractivity contribution in [1.82, 2.24) is 4.98 Å². The number of methoxy groups -OCH3 is 1. The van der Waals surface area contributed by atoms with Crippen LogP contribution in [0.1, 0.15) is 70.0 Å². The van der Waals surface area contributed by atoms with Crippen LogP contribution in [0.25, 0.3) is 10.8 Å². The fourth-order valence-electron chi connectivity index (χ4n) is 7.27. The number of phenols is 3. The summed E-state index contributed by atoms with van der Waals surface area (Å²) in [5.74, 6) is -8.57. The second kappa shape index (κ2) is 17.1. The van der Waals surface area contributed by atoms with Crippen molar-refractivity contribution in [1.29, 1.82) is 0 Å². The van der Waals surface area contributed by atoms with E-state index in [-0.39, 0.29) is 49.6 Å². The van der Waals surface area contributed by atoms with Crippen LogP contribution in [0.3, 0.4) is 0 Å². The molecule has 0 aliphatic carbocycles. The highest BCUT2D eigenvalue weighted by Crippen LogP contribution is 2.55. The first-order valence-electron chi connectivity index (χ1n) is 18.4. The SMILES string of the molecule is CO[C@H]1/C=C/O[C@@]2(C)Oc3c(C)c(O)c4c(O)c(c(/C=N/c5nccs5)c(O)c4c3C2=O)NC(=O)/C(C)=C\C=C\[C@@H](C)[C@H](O)[C@@H](C)[C@H](O)[C@@H](C)[C@H](OC(C)=O)[C@@H]1C. The summed E-state index contributed by atoms with van der Waals surface area (Å²) in [6.07, 6.45) is 6.15. The van der Waals surface area contributed by atoms with Gasteiger partial charge in [-0.2, -0.15) is 0 Å². The third kappa shape index (κ3) is 8.26. The van der Waals surface area contributed by atoms with E-state index in [0.717, 1.165) is 0 Å². The number of carbonyl (C=O) groups excluding carboxylic acids is 3. The number of ether oxygens (including phenoxy) is 4. The third-order valence-corrected chi connectivity index (χ3v) is 11.4. The third-order valence-electron chi connectivity index (χ3n) is 10.8. The van der Waals surface area contributed by atoms with Gasteiger partial charge in [0.1, 0.15) is 23.4 Å². The molecule has 0 saturated heterocycles. The van der Waals surface area contributed by atoms with Crippen LogP contribution < -0.4 is 10.1 Å². The van der Waals surface area contributed by atoms with Crippen LogP contribution in [0.4, 0.5) is 10.8 Å². The van der Waals surface area contributed by atoms with Gasteiger partial charge < -0.3 is 49.8 Å². The molecule has 6 N–H and O–H groups in total. The molecule has 0 fully saturated rings. The number of aromatic nitrogens is 1. The monoisotopic (exact) mass is 807 g/mol. The molecule has 0 unspecified atom stereocenters. The lowest BCUT2D eigenvalue weighted by molar-refractivity contribution is -0.160. The van der Waals surface area contributed by atoms with E-state index in [4.69, 9.17) is 18.9 Å². The Bertz CT molecular complexity index is 2160. The molecule has 0 saturated carbocycles. The zero-order valence-electron chi connectivity index (χ0n) is 33.1. The number of nitrogens with one attached hydrogen (secondary N) is 1. The number of rotatable bonds is 4. The van der Waals surface area contributed by atoms with Gasteiger partial charge in [0.25, 0.3) is 11.7 Å². The van der Waals surface area contributed by atoms with E-state index >= 15 is 0 Å². The number of hydrogen-bond donors (Lipinski definition) is 6. The predicted octanol–water partition coefficient (Wildman–Crippen LogP) is 5.96. The Kier molecular flexibility index (Phi) is 12.8. The minimum Gasteiger partial charge on any atom is -0.507 e. The van der Waals surface area contributed by atoms with E-state index in [1.807, 2.05) is 0 Å². The van der Waals surface area contributed by atoms with Gasteiger partial charge >= 0.3 is 11.8 Å². The van der Waals surface area contributed by atoms with Crippen LogP contribution in [0, 0.1) is 30.6 Å². The lowest BCUT2D eigenvalue weighted by atomic mass is 9.78. The summed E-state index contributed by atoms with van der Waals surface area (Å²) < 4.78 is 23.5. The van der Waals surface area contributed by atoms with Crippen molar-refractivity contribution < 1.29 is 58.9 Å². The van der Waals surface area contributed by atoms with Crippen LogP contribution in [0.5, 0.6) is 23.0 Å². The maximum Gasteiger partial charge on any atom is 0.312 e. The van der Waals surface area contributed by atoms with Crippen molar-refractivity contribution in [3.63, 3.8) is 0 Å². The van der Waals surface area contributed by atoms with Gasteiger partial charge in [-0.05, 0) is 19.9 Å². The Hall–Kier alpha value is -5.29. The highest BCUT2D eigenvalue weighted by atomic mass is 32.1. The van der Waals surface area contributed by atoms with Crippen molar-refractivity contribution in [2.75, 3.05) is 12.4 Å². The fraction of sp³-hybridized carbons (Fsp3) is 0.439. The van der Waals surface area contributed by atoms with Crippen molar-refractivity contribution in [3.05, 3.63) is 64.4 Å². The topological polar surface area (TPSA) is 227 Å². The Morgan fingerprint density at radius 2 is 1.70 bits per heavy atom. The summed E-state index contributed by atoms with van der Waals surface area (Å²) in [6, 6.07) is 0.